The maximum Gasteiger partial charge on any atom is 0.101 e. The lowest BCUT2D eigenvalue weighted by Gasteiger charge is -2.33. The van der Waals surface area contributed by atoms with Crippen molar-refractivity contribution in [1.82, 2.24) is 9.80 Å². The fraction of sp³-hybridized carbons (Fsp3) is 0.944. The van der Waals surface area contributed by atoms with E-state index in [1.165, 1.54) is 193 Å². The smallest absolute Gasteiger partial charge is 0.101 e. The van der Waals surface area contributed by atoms with Crippen molar-refractivity contribution < 1.29 is 0 Å². The van der Waals surface area contributed by atoms with Gasteiger partial charge in [-0.3, -0.25) is 0 Å². The van der Waals surface area contributed by atoms with Crippen LogP contribution in [0, 0.1) is 0 Å². The number of unbranched alkanes of at least 4 members (excludes halogenated alkanes) is 24. The predicted octanol–water partition coefficient (Wildman–Crippen LogP) is 12.4. The van der Waals surface area contributed by atoms with Gasteiger partial charge in [0.2, 0.25) is 0 Å². The first kappa shape index (κ1) is 35.4. The Morgan fingerprint density at radius 2 is 0.605 bits per heavy atom. The van der Waals surface area contributed by atoms with Gasteiger partial charge in [-0.15, -0.1) is 0 Å². The molecule has 0 N–H and O–H groups in total. The molecular weight excluding hydrogens is 460 g/mol. The lowest BCUT2D eigenvalue weighted by atomic mass is 10.0. The topological polar surface area (TPSA) is 6.48 Å². The van der Waals surface area contributed by atoms with E-state index in [0.717, 1.165) is 0 Å². The van der Waals surface area contributed by atoms with E-state index in [-0.39, 0.29) is 0 Å². The average Bonchev–Trinajstić information content (AvgIpc) is 3.31. The summed E-state index contributed by atoms with van der Waals surface area (Å²) >= 11 is 0. The first-order valence-corrected chi connectivity index (χ1v) is 18.0. The third-order valence-electron chi connectivity index (χ3n) is 8.82. The predicted molar refractivity (Wildman–Crippen MR) is 173 cm³/mol. The standard InChI is InChI=1S/C36H72N2/c1-4-7-10-13-15-17-19-20-21-23-25-27-30-33-38-35-34-37(32-29-12-9-6-3)36(38)31-28-26-24-22-18-16-14-11-8-5-2/h34-36H,4-33H2,1-3H3. The Kier molecular flexibility index (Phi) is 26.0. The number of rotatable bonds is 30. The van der Waals surface area contributed by atoms with Gasteiger partial charge in [-0.05, 0) is 25.7 Å². The van der Waals surface area contributed by atoms with Crippen LogP contribution in [0.4, 0.5) is 0 Å². The Morgan fingerprint density at radius 3 is 0.947 bits per heavy atom. The van der Waals surface area contributed by atoms with Crippen LogP contribution in [0.5, 0.6) is 0 Å². The van der Waals surface area contributed by atoms with E-state index in [4.69, 9.17) is 0 Å². The summed E-state index contributed by atoms with van der Waals surface area (Å²) in [5.41, 5.74) is 0. The van der Waals surface area contributed by atoms with E-state index >= 15 is 0 Å². The molecule has 0 aromatic heterocycles. The van der Waals surface area contributed by atoms with Crippen molar-refractivity contribution >= 4 is 0 Å². The molecule has 0 amide bonds. The second-order valence-electron chi connectivity index (χ2n) is 12.5. The second kappa shape index (κ2) is 27.9. The van der Waals surface area contributed by atoms with Crippen molar-refractivity contribution in [3.8, 4) is 0 Å². The molecule has 0 aliphatic carbocycles. The molecule has 2 heteroatoms. The van der Waals surface area contributed by atoms with Gasteiger partial charge < -0.3 is 9.80 Å². The summed E-state index contributed by atoms with van der Waals surface area (Å²) in [6, 6.07) is 0. The molecule has 0 aromatic carbocycles. The van der Waals surface area contributed by atoms with Crippen LogP contribution in [-0.4, -0.2) is 29.1 Å². The minimum Gasteiger partial charge on any atom is -0.356 e. The lowest BCUT2D eigenvalue weighted by Crippen LogP contribution is -2.39. The average molecular weight is 533 g/mol. The second-order valence-corrected chi connectivity index (χ2v) is 12.5. The van der Waals surface area contributed by atoms with Crippen molar-refractivity contribution in [2.45, 2.75) is 207 Å². The van der Waals surface area contributed by atoms with E-state index in [1.807, 2.05) is 0 Å². The van der Waals surface area contributed by atoms with Crippen LogP contribution in [-0.2, 0) is 0 Å². The highest BCUT2D eigenvalue weighted by atomic mass is 15.4. The molecule has 0 bridgehead atoms. The van der Waals surface area contributed by atoms with Gasteiger partial charge in [0.15, 0.2) is 0 Å². The molecule has 0 fully saturated rings. The molecule has 226 valence electrons. The number of hydrogen-bond donors (Lipinski definition) is 0. The summed E-state index contributed by atoms with van der Waals surface area (Å²) in [6.07, 6.45) is 45.5. The third-order valence-corrected chi connectivity index (χ3v) is 8.82. The molecule has 0 aromatic rings. The summed E-state index contributed by atoms with van der Waals surface area (Å²) in [6.45, 7) is 9.47. The van der Waals surface area contributed by atoms with Crippen LogP contribution in [0.1, 0.15) is 201 Å². The highest BCUT2D eigenvalue weighted by Gasteiger charge is 2.24. The fourth-order valence-electron chi connectivity index (χ4n) is 6.19. The summed E-state index contributed by atoms with van der Waals surface area (Å²) in [5, 5.41) is 0. The van der Waals surface area contributed by atoms with Crippen molar-refractivity contribution in [3.05, 3.63) is 12.4 Å². The van der Waals surface area contributed by atoms with Crippen LogP contribution in [0.15, 0.2) is 12.4 Å². The first-order valence-electron chi connectivity index (χ1n) is 18.0. The summed E-state index contributed by atoms with van der Waals surface area (Å²) in [5.74, 6) is 0. The van der Waals surface area contributed by atoms with Crippen LogP contribution in [0.3, 0.4) is 0 Å². The molecule has 1 rings (SSSR count). The van der Waals surface area contributed by atoms with Crippen molar-refractivity contribution in [2.24, 2.45) is 0 Å². The molecule has 0 saturated carbocycles. The van der Waals surface area contributed by atoms with E-state index in [1.54, 1.807) is 0 Å². The van der Waals surface area contributed by atoms with Gasteiger partial charge in [-0.2, -0.15) is 0 Å². The zero-order valence-electron chi connectivity index (χ0n) is 26.8. The Morgan fingerprint density at radius 1 is 0.342 bits per heavy atom. The Hall–Kier alpha value is -0.660. The van der Waals surface area contributed by atoms with Gasteiger partial charge in [0.1, 0.15) is 6.17 Å². The van der Waals surface area contributed by atoms with Gasteiger partial charge in [-0.1, -0.05) is 175 Å². The minimum absolute atomic E-state index is 0.642. The molecule has 1 unspecified atom stereocenters. The van der Waals surface area contributed by atoms with Crippen molar-refractivity contribution in [1.29, 1.82) is 0 Å². The molecule has 1 aliphatic heterocycles. The van der Waals surface area contributed by atoms with E-state index < -0.39 is 0 Å². The molecule has 38 heavy (non-hydrogen) atoms. The minimum atomic E-state index is 0.642. The highest BCUT2D eigenvalue weighted by Crippen LogP contribution is 2.24. The lowest BCUT2D eigenvalue weighted by molar-refractivity contribution is 0.135. The van der Waals surface area contributed by atoms with Gasteiger partial charge in [-0.25, -0.2) is 0 Å². The van der Waals surface area contributed by atoms with Crippen LogP contribution in [0.25, 0.3) is 0 Å². The molecule has 0 spiro atoms. The van der Waals surface area contributed by atoms with Crippen molar-refractivity contribution in [3.63, 3.8) is 0 Å². The van der Waals surface area contributed by atoms with Crippen LogP contribution < -0.4 is 0 Å². The summed E-state index contributed by atoms with van der Waals surface area (Å²) < 4.78 is 0. The van der Waals surface area contributed by atoms with E-state index in [2.05, 4.69) is 43.0 Å². The van der Waals surface area contributed by atoms with Gasteiger partial charge in [0.05, 0.1) is 0 Å². The Labute approximate surface area is 241 Å². The molecule has 1 heterocycles. The summed E-state index contributed by atoms with van der Waals surface area (Å²) in [4.78, 5) is 5.39. The maximum absolute atomic E-state index is 2.70. The monoisotopic (exact) mass is 533 g/mol. The SMILES string of the molecule is CCCCCCCCCCCCCCCN1C=CN(CCCCCC)C1CCCCCCCCCCCC. The molecule has 0 radical (unpaired) electrons. The molecule has 2 nitrogen and oxygen atoms in total. The zero-order chi connectivity index (χ0) is 27.4. The van der Waals surface area contributed by atoms with Gasteiger partial charge >= 0.3 is 0 Å². The molecule has 1 atom stereocenters. The van der Waals surface area contributed by atoms with Crippen LogP contribution >= 0.6 is 0 Å². The quantitative estimate of drug-likeness (QED) is 0.0848. The molecule has 0 saturated heterocycles. The zero-order valence-corrected chi connectivity index (χ0v) is 26.8. The Balaban J connectivity index is 2.15. The van der Waals surface area contributed by atoms with E-state index in [0.29, 0.717) is 6.17 Å². The maximum atomic E-state index is 2.70. The highest BCUT2D eigenvalue weighted by molar-refractivity contribution is 4.97. The molecule has 1 aliphatic rings. The van der Waals surface area contributed by atoms with E-state index in [9.17, 15) is 0 Å². The van der Waals surface area contributed by atoms with Crippen LogP contribution in [0.2, 0.25) is 0 Å². The first-order chi connectivity index (χ1) is 18.8. The summed E-state index contributed by atoms with van der Waals surface area (Å²) in [7, 11) is 0. The number of hydrogen-bond acceptors (Lipinski definition) is 2. The third kappa shape index (κ3) is 20.3. The molecular formula is C36H72N2. The van der Waals surface area contributed by atoms with Gasteiger partial charge in [0, 0.05) is 25.5 Å². The largest absolute Gasteiger partial charge is 0.356 e. The fourth-order valence-corrected chi connectivity index (χ4v) is 6.19. The normalized spacial score (nSPS) is 15.3. The number of nitrogens with zero attached hydrogens (tertiary/aromatic N) is 2. The Bertz CT molecular complexity index is 488. The van der Waals surface area contributed by atoms with Crippen molar-refractivity contribution in [2.75, 3.05) is 13.1 Å². The van der Waals surface area contributed by atoms with Gasteiger partial charge in [0.25, 0.3) is 0 Å².